The molecule has 1 aromatic heterocycles. The SMILES string of the molecule is CC(C)C(=O)Nc1ccc(C(=O)[C@H](C)Sc2n[nH]c(=O)n2C)cc1. The van der Waals surface area contributed by atoms with Gasteiger partial charge in [0.15, 0.2) is 10.9 Å². The number of aromatic amines is 1. The van der Waals surface area contributed by atoms with Crippen molar-refractivity contribution >= 4 is 29.1 Å². The van der Waals surface area contributed by atoms with Crippen LogP contribution in [0.5, 0.6) is 0 Å². The lowest BCUT2D eigenvalue weighted by Gasteiger charge is -2.11. The third kappa shape index (κ3) is 4.14. The van der Waals surface area contributed by atoms with Crippen LogP contribution in [-0.4, -0.2) is 31.7 Å². The molecule has 24 heavy (non-hydrogen) atoms. The van der Waals surface area contributed by atoms with E-state index in [9.17, 15) is 14.4 Å². The summed E-state index contributed by atoms with van der Waals surface area (Å²) in [6.45, 7) is 5.39. The van der Waals surface area contributed by atoms with Crippen molar-refractivity contribution < 1.29 is 9.59 Å². The number of aromatic nitrogens is 3. The van der Waals surface area contributed by atoms with Gasteiger partial charge >= 0.3 is 5.69 Å². The topological polar surface area (TPSA) is 96.8 Å². The number of ketones is 1. The van der Waals surface area contributed by atoms with Gasteiger partial charge in [0.2, 0.25) is 5.91 Å². The number of hydrogen-bond acceptors (Lipinski definition) is 5. The molecule has 0 spiro atoms. The van der Waals surface area contributed by atoms with Gasteiger partial charge in [-0.05, 0) is 31.2 Å². The van der Waals surface area contributed by atoms with Crippen molar-refractivity contribution in [3.8, 4) is 0 Å². The third-order valence-electron chi connectivity index (χ3n) is 3.45. The highest BCUT2D eigenvalue weighted by atomic mass is 32.2. The minimum absolute atomic E-state index is 0.0718. The summed E-state index contributed by atoms with van der Waals surface area (Å²) in [6.07, 6.45) is 0. The van der Waals surface area contributed by atoms with Gasteiger partial charge in [-0.3, -0.25) is 14.2 Å². The summed E-state index contributed by atoms with van der Waals surface area (Å²) in [5.74, 6) is -0.252. The fourth-order valence-corrected chi connectivity index (χ4v) is 2.79. The highest BCUT2D eigenvalue weighted by Gasteiger charge is 2.19. The molecule has 0 aliphatic rings. The molecule has 2 N–H and O–H groups in total. The molecule has 1 atom stereocenters. The predicted molar refractivity (Wildman–Crippen MR) is 93.4 cm³/mol. The number of H-pyrrole nitrogens is 1. The largest absolute Gasteiger partial charge is 0.343 e. The number of anilines is 1. The number of amides is 1. The molecule has 1 heterocycles. The Morgan fingerprint density at radius 3 is 2.33 bits per heavy atom. The van der Waals surface area contributed by atoms with Crippen LogP contribution in [0.25, 0.3) is 0 Å². The zero-order chi connectivity index (χ0) is 17.9. The molecule has 0 saturated heterocycles. The van der Waals surface area contributed by atoms with Gasteiger partial charge in [-0.15, -0.1) is 5.10 Å². The van der Waals surface area contributed by atoms with Crippen molar-refractivity contribution in [3.05, 3.63) is 40.3 Å². The van der Waals surface area contributed by atoms with Crippen LogP contribution in [0.3, 0.4) is 0 Å². The van der Waals surface area contributed by atoms with Crippen LogP contribution in [0.4, 0.5) is 5.69 Å². The molecule has 8 heteroatoms. The summed E-state index contributed by atoms with van der Waals surface area (Å²) in [6, 6.07) is 6.77. The number of carbonyl (C=O) groups excluding carboxylic acids is 2. The first-order valence-corrected chi connectivity index (χ1v) is 8.40. The molecule has 0 aliphatic carbocycles. The molecule has 0 fully saturated rings. The number of thioether (sulfide) groups is 1. The van der Waals surface area contributed by atoms with Gasteiger partial charge in [-0.1, -0.05) is 25.6 Å². The molecule has 0 bridgehead atoms. The molecule has 2 aromatic rings. The summed E-state index contributed by atoms with van der Waals surface area (Å²) in [7, 11) is 1.59. The Kier molecular flexibility index (Phi) is 5.61. The summed E-state index contributed by atoms with van der Waals surface area (Å²) in [5, 5.41) is 9.07. The zero-order valence-electron chi connectivity index (χ0n) is 14.0. The van der Waals surface area contributed by atoms with Gasteiger partial charge in [0.25, 0.3) is 0 Å². The normalized spacial score (nSPS) is 12.2. The van der Waals surface area contributed by atoms with Crippen molar-refractivity contribution in [1.82, 2.24) is 14.8 Å². The highest BCUT2D eigenvalue weighted by Crippen LogP contribution is 2.23. The maximum Gasteiger partial charge on any atom is 0.343 e. The molecular weight excluding hydrogens is 328 g/mol. The average Bonchev–Trinajstić information content (AvgIpc) is 2.86. The Balaban J connectivity index is 2.05. The van der Waals surface area contributed by atoms with Crippen LogP contribution in [0, 0.1) is 5.92 Å². The van der Waals surface area contributed by atoms with E-state index in [1.54, 1.807) is 38.2 Å². The van der Waals surface area contributed by atoms with E-state index in [-0.39, 0.29) is 23.3 Å². The van der Waals surface area contributed by atoms with E-state index in [4.69, 9.17) is 0 Å². The fourth-order valence-electron chi connectivity index (χ4n) is 1.89. The molecule has 0 radical (unpaired) electrons. The Bertz CT molecular complexity index is 792. The molecule has 1 aromatic carbocycles. The quantitative estimate of drug-likeness (QED) is 0.615. The van der Waals surface area contributed by atoms with Crippen molar-refractivity contribution in [2.45, 2.75) is 31.2 Å². The smallest absolute Gasteiger partial charge is 0.326 e. The molecule has 2 rings (SSSR count). The van der Waals surface area contributed by atoms with Gasteiger partial charge in [-0.2, -0.15) is 0 Å². The van der Waals surface area contributed by atoms with Crippen LogP contribution in [0.1, 0.15) is 31.1 Å². The fraction of sp³-hybridized carbons (Fsp3) is 0.375. The lowest BCUT2D eigenvalue weighted by Crippen LogP contribution is -2.18. The predicted octanol–water partition coefficient (Wildman–Crippen LogP) is 2.07. The molecule has 0 saturated carbocycles. The Hall–Kier alpha value is -2.35. The van der Waals surface area contributed by atoms with E-state index < -0.39 is 5.25 Å². The summed E-state index contributed by atoms with van der Waals surface area (Å²) >= 11 is 1.21. The number of rotatable bonds is 6. The van der Waals surface area contributed by atoms with Gasteiger partial charge in [-0.25, -0.2) is 9.89 Å². The second-order valence-corrected chi connectivity index (χ2v) is 7.02. The van der Waals surface area contributed by atoms with E-state index in [1.807, 2.05) is 13.8 Å². The number of hydrogen-bond donors (Lipinski definition) is 2. The number of nitrogens with zero attached hydrogens (tertiary/aromatic N) is 2. The molecule has 128 valence electrons. The first kappa shape index (κ1) is 18.0. The van der Waals surface area contributed by atoms with E-state index in [2.05, 4.69) is 15.5 Å². The standard InChI is InChI=1S/C16H20N4O3S/c1-9(2)14(22)17-12-7-5-11(6-8-12)13(21)10(3)24-16-19-18-15(23)20(16)4/h5-10H,1-4H3,(H,17,22)(H,18,23)/t10-/m0/s1. The van der Waals surface area contributed by atoms with Crippen LogP contribution in [0.2, 0.25) is 0 Å². The number of carbonyl (C=O) groups is 2. The monoisotopic (exact) mass is 348 g/mol. The maximum absolute atomic E-state index is 12.5. The van der Waals surface area contributed by atoms with Crippen molar-refractivity contribution in [1.29, 1.82) is 0 Å². The second-order valence-electron chi connectivity index (χ2n) is 5.72. The van der Waals surface area contributed by atoms with Crippen LogP contribution < -0.4 is 11.0 Å². The maximum atomic E-state index is 12.5. The average molecular weight is 348 g/mol. The third-order valence-corrected chi connectivity index (χ3v) is 4.60. The lowest BCUT2D eigenvalue weighted by molar-refractivity contribution is -0.118. The molecule has 0 unspecified atom stereocenters. The minimum atomic E-state index is -0.394. The Morgan fingerprint density at radius 2 is 1.83 bits per heavy atom. The number of nitrogens with one attached hydrogen (secondary N) is 2. The molecule has 7 nitrogen and oxygen atoms in total. The minimum Gasteiger partial charge on any atom is -0.326 e. The summed E-state index contributed by atoms with van der Waals surface area (Å²) in [5.41, 5.74) is 0.876. The molecular formula is C16H20N4O3S. The van der Waals surface area contributed by atoms with Gasteiger partial charge in [0.1, 0.15) is 0 Å². The van der Waals surface area contributed by atoms with Crippen LogP contribution in [0.15, 0.2) is 34.2 Å². The first-order chi connectivity index (χ1) is 11.3. The summed E-state index contributed by atoms with van der Waals surface area (Å²) in [4.78, 5) is 35.5. The van der Waals surface area contributed by atoms with Crippen LogP contribution in [-0.2, 0) is 11.8 Å². The number of Topliss-reactive ketones (excluding diaryl/α,β-unsaturated/α-hetero) is 1. The van der Waals surface area contributed by atoms with E-state index in [0.29, 0.717) is 16.4 Å². The van der Waals surface area contributed by atoms with Crippen molar-refractivity contribution in [2.75, 3.05) is 5.32 Å². The zero-order valence-corrected chi connectivity index (χ0v) is 14.8. The summed E-state index contributed by atoms with van der Waals surface area (Å²) < 4.78 is 1.36. The van der Waals surface area contributed by atoms with Crippen molar-refractivity contribution in [3.63, 3.8) is 0 Å². The van der Waals surface area contributed by atoms with E-state index >= 15 is 0 Å². The van der Waals surface area contributed by atoms with Crippen molar-refractivity contribution in [2.24, 2.45) is 13.0 Å². The van der Waals surface area contributed by atoms with E-state index in [0.717, 1.165) is 0 Å². The second kappa shape index (κ2) is 7.48. The first-order valence-electron chi connectivity index (χ1n) is 7.52. The van der Waals surface area contributed by atoms with E-state index in [1.165, 1.54) is 16.3 Å². The molecule has 1 amide bonds. The Morgan fingerprint density at radius 1 is 1.21 bits per heavy atom. The molecule has 0 aliphatic heterocycles. The Labute approximate surface area is 143 Å². The lowest BCUT2D eigenvalue weighted by atomic mass is 10.1. The van der Waals surface area contributed by atoms with Gasteiger partial charge < -0.3 is 5.32 Å². The number of benzene rings is 1. The van der Waals surface area contributed by atoms with Crippen LogP contribution >= 0.6 is 11.8 Å². The van der Waals surface area contributed by atoms with Gasteiger partial charge in [0, 0.05) is 24.2 Å². The van der Waals surface area contributed by atoms with Gasteiger partial charge in [0.05, 0.1) is 5.25 Å². The highest BCUT2D eigenvalue weighted by molar-refractivity contribution is 8.00.